The summed E-state index contributed by atoms with van der Waals surface area (Å²) >= 11 is 0. The van der Waals surface area contributed by atoms with E-state index in [-0.39, 0.29) is 12.1 Å². The molecule has 0 spiro atoms. The molecule has 3 heterocycles. The summed E-state index contributed by atoms with van der Waals surface area (Å²) in [6.07, 6.45) is 6.58. The molecule has 0 aliphatic carbocycles. The fourth-order valence-electron chi connectivity index (χ4n) is 2.20. The molecule has 0 radical (unpaired) electrons. The summed E-state index contributed by atoms with van der Waals surface area (Å²) in [4.78, 5) is 12.1. The number of halogens is 1. The molecule has 1 N–H and O–H groups in total. The maximum absolute atomic E-state index is 12.8. The summed E-state index contributed by atoms with van der Waals surface area (Å²) in [6, 6.07) is 0.0339. The zero-order valence-electron chi connectivity index (χ0n) is 10.5. The number of imidazole rings is 1. The molecular weight excluding hydrogens is 249 g/mol. The molecule has 19 heavy (non-hydrogen) atoms. The molecule has 2 atom stereocenters. The number of nitrogens with one attached hydrogen (secondary N) is 1. The van der Waals surface area contributed by atoms with Crippen LogP contribution < -0.4 is 5.32 Å². The van der Waals surface area contributed by atoms with Crippen molar-refractivity contribution < 1.29 is 9.13 Å². The van der Waals surface area contributed by atoms with Crippen LogP contribution in [0, 0.1) is 5.82 Å². The first kappa shape index (κ1) is 12.0. The highest BCUT2D eigenvalue weighted by atomic mass is 19.1. The van der Waals surface area contributed by atoms with Crippen LogP contribution in [0.25, 0.3) is 0 Å². The molecule has 1 aliphatic rings. The number of hydrogen-bond donors (Lipinski definition) is 1. The van der Waals surface area contributed by atoms with Gasteiger partial charge in [-0.1, -0.05) is 0 Å². The fourth-order valence-corrected chi connectivity index (χ4v) is 2.20. The van der Waals surface area contributed by atoms with Crippen molar-refractivity contribution in [2.45, 2.75) is 18.6 Å². The van der Waals surface area contributed by atoms with E-state index in [0.29, 0.717) is 12.6 Å². The van der Waals surface area contributed by atoms with E-state index in [1.165, 1.54) is 0 Å². The van der Waals surface area contributed by atoms with Crippen molar-refractivity contribution in [3.8, 4) is 0 Å². The predicted octanol–water partition coefficient (Wildman–Crippen LogP) is 1.29. The molecule has 3 rings (SSSR count). The third-order valence-corrected chi connectivity index (χ3v) is 3.14. The van der Waals surface area contributed by atoms with Crippen LogP contribution >= 0.6 is 0 Å². The Morgan fingerprint density at radius 2 is 2.16 bits per heavy atom. The monoisotopic (exact) mass is 263 g/mol. The first-order valence-corrected chi connectivity index (χ1v) is 6.07. The third kappa shape index (κ3) is 2.41. The molecule has 0 bridgehead atoms. The molecule has 0 unspecified atom stereocenters. The van der Waals surface area contributed by atoms with Crippen molar-refractivity contribution in [1.82, 2.24) is 19.5 Å². The quantitative estimate of drug-likeness (QED) is 0.904. The molecule has 2 aromatic heterocycles. The van der Waals surface area contributed by atoms with Gasteiger partial charge in [0.15, 0.2) is 5.82 Å². The molecule has 1 aliphatic heterocycles. The minimum absolute atomic E-state index is 0.0339. The second-order valence-electron chi connectivity index (χ2n) is 4.45. The standard InChI is InChI=1S/C12H14FN5O/c1-18-4-3-14-11(18)10-9(2-5-19-10)17-12-15-6-8(13)7-16-12/h3-4,6-7,9-10H,2,5H2,1H3,(H,15,16,17)/t9-,10-/m0/s1. The van der Waals surface area contributed by atoms with Crippen LogP contribution in [0.5, 0.6) is 0 Å². The lowest BCUT2D eigenvalue weighted by molar-refractivity contribution is 0.0982. The summed E-state index contributed by atoms with van der Waals surface area (Å²) in [7, 11) is 1.93. The number of anilines is 1. The molecule has 1 fully saturated rings. The van der Waals surface area contributed by atoms with Gasteiger partial charge in [0.2, 0.25) is 5.95 Å². The zero-order valence-corrected chi connectivity index (χ0v) is 10.5. The number of nitrogens with zero attached hydrogens (tertiary/aromatic N) is 4. The van der Waals surface area contributed by atoms with Gasteiger partial charge < -0.3 is 14.6 Å². The van der Waals surface area contributed by atoms with E-state index in [9.17, 15) is 4.39 Å². The highest BCUT2D eigenvalue weighted by Gasteiger charge is 2.32. The number of aryl methyl sites for hydroxylation is 1. The number of aromatic nitrogens is 4. The molecule has 0 saturated carbocycles. The molecule has 7 heteroatoms. The number of ether oxygens (including phenoxy) is 1. The minimum Gasteiger partial charge on any atom is -0.368 e. The highest BCUT2D eigenvalue weighted by molar-refractivity contribution is 5.26. The van der Waals surface area contributed by atoms with E-state index < -0.39 is 5.82 Å². The van der Waals surface area contributed by atoms with E-state index in [1.807, 2.05) is 17.8 Å². The third-order valence-electron chi connectivity index (χ3n) is 3.14. The Bertz CT molecular complexity index is 556. The van der Waals surface area contributed by atoms with Gasteiger partial charge in [0.25, 0.3) is 0 Å². The Morgan fingerprint density at radius 3 is 2.84 bits per heavy atom. The summed E-state index contributed by atoms with van der Waals surface area (Å²) in [5, 5.41) is 3.17. The van der Waals surface area contributed by atoms with Gasteiger partial charge in [-0.3, -0.25) is 0 Å². The second kappa shape index (κ2) is 4.93. The van der Waals surface area contributed by atoms with Crippen molar-refractivity contribution in [3.05, 3.63) is 36.4 Å². The molecule has 2 aromatic rings. The van der Waals surface area contributed by atoms with Crippen molar-refractivity contribution in [2.24, 2.45) is 7.05 Å². The van der Waals surface area contributed by atoms with E-state index in [4.69, 9.17) is 4.74 Å². The van der Waals surface area contributed by atoms with Gasteiger partial charge in [0.1, 0.15) is 11.9 Å². The average Bonchev–Trinajstić information content (AvgIpc) is 3.01. The largest absolute Gasteiger partial charge is 0.368 e. The second-order valence-corrected chi connectivity index (χ2v) is 4.45. The Morgan fingerprint density at radius 1 is 1.37 bits per heavy atom. The lowest BCUT2D eigenvalue weighted by Gasteiger charge is -2.19. The smallest absolute Gasteiger partial charge is 0.223 e. The summed E-state index contributed by atoms with van der Waals surface area (Å²) in [5.41, 5.74) is 0. The van der Waals surface area contributed by atoms with Gasteiger partial charge in [0.05, 0.1) is 18.4 Å². The van der Waals surface area contributed by atoms with Crippen molar-refractivity contribution >= 4 is 5.95 Å². The van der Waals surface area contributed by atoms with Crippen LogP contribution in [-0.2, 0) is 11.8 Å². The lowest BCUT2D eigenvalue weighted by Crippen LogP contribution is -2.26. The topological polar surface area (TPSA) is 64.9 Å². The molecule has 6 nitrogen and oxygen atoms in total. The van der Waals surface area contributed by atoms with Gasteiger partial charge in [-0.05, 0) is 6.42 Å². The van der Waals surface area contributed by atoms with Crippen LogP contribution in [-0.4, -0.2) is 32.2 Å². The zero-order chi connectivity index (χ0) is 13.2. The molecule has 0 amide bonds. The van der Waals surface area contributed by atoms with E-state index >= 15 is 0 Å². The van der Waals surface area contributed by atoms with Crippen molar-refractivity contribution in [3.63, 3.8) is 0 Å². The average molecular weight is 263 g/mol. The van der Waals surface area contributed by atoms with Crippen LogP contribution in [0.15, 0.2) is 24.8 Å². The SMILES string of the molecule is Cn1ccnc1[C@H]1OCC[C@@H]1Nc1ncc(F)cn1. The maximum atomic E-state index is 12.8. The van der Waals surface area contributed by atoms with Crippen LogP contribution in [0.4, 0.5) is 10.3 Å². The lowest BCUT2D eigenvalue weighted by atomic mass is 10.1. The maximum Gasteiger partial charge on any atom is 0.223 e. The number of rotatable bonds is 3. The van der Waals surface area contributed by atoms with E-state index in [2.05, 4.69) is 20.3 Å². The molecule has 100 valence electrons. The van der Waals surface area contributed by atoms with Gasteiger partial charge in [-0.2, -0.15) is 0 Å². The summed E-state index contributed by atoms with van der Waals surface area (Å²) in [5.74, 6) is 0.807. The van der Waals surface area contributed by atoms with Crippen LogP contribution in [0.1, 0.15) is 18.3 Å². The van der Waals surface area contributed by atoms with Crippen LogP contribution in [0.3, 0.4) is 0 Å². The van der Waals surface area contributed by atoms with Gasteiger partial charge in [-0.15, -0.1) is 0 Å². The van der Waals surface area contributed by atoms with E-state index in [0.717, 1.165) is 24.6 Å². The van der Waals surface area contributed by atoms with Gasteiger partial charge >= 0.3 is 0 Å². The highest BCUT2D eigenvalue weighted by Crippen LogP contribution is 2.29. The Labute approximate surface area is 109 Å². The molecular formula is C12H14FN5O. The Kier molecular flexibility index (Phi) is 3.12. The van der Waals surface area contributed by atoms with Crippen molar-refractivity contribution in [1.29, 1.82) is 0 Å². The van der Waals surface area contributed by atoms with E-state index in [1.54, 1.807) is 6.20 Å². The van der Waals surface area contributed by atoms with Crippen molar-refractivity contribution in [2.75, 3.05) is 11.9 Å². The molecule has 0 aromatic carbocycles. The predicted molar refractivity (Wildman–Crippen MR) is 65.9 cm³/mol. The Balaban J connectivity index is 1.77. The van der Waals surface area contributed by atoms with Crippen LogP contribution in [0.2, 0.25) is 0 Å². The normalized spacial score (nSPS) is 22.6. The van der Waals surface area contributed by atoms with Gasteiger partial charge in [0, 0.05) is 26.0 Å². The van der Waals surface area contributed by atoms with Gasteiger partial charge in [-0.25, -0.2) is 19.3 Å². The number of hydrogen-bond acceptors (Lipinski definition) is 5. The molecule has 1 saturated heterocycles. The summed E-state index contributed by atoms with van der Waals surface area (Å²) in [6.45, 7) is 0.649. The fraction of sp³-hybridized carbons (Fsp3) is 0.417. The first-order chi connectivity index (χ1) is 9.24. The first-order valence-electron chi connectivity index (χ1n) is 6.07. The Hall–Kier alpha value is -2.02. The minimum atomic E-state index is -0.450. The summed E-state index contributed by atoms with van der Waals surface area (Å²) < 4.78 is 20.4.